The molecule has 0 aliphatic carbocycles. The highest BCUT2D eigenvalue weighted by atomic mass is 124. The monoisotopic (exact) mass is 301 g/mol. The molecular weight excluding hydrogens is 288 g/mol. The number of ether oxygens (including phenoxy) is 2. The highest BCUT2D eigenvalue weighted by Gasteiger charge is 2.42. The molecule has 13 heavy (non-hydrogen) atoms. The smallest absolute Gasteiger partial charge is 0.184 e. The minimum Gasteiger partial charge on any atom is -0.394 e. The molecule has 1 aliphatic rings. The number of methoxy groups -OCH3 is 1. The molecular formula is C7H13IO5. The fourth-order valence-corrected chi connectivity index (χ4v) is 2.04. The van der Waals surface area contributed by atoms with Gasteiger partial charge in [-0.15, -0.1) is 0 Å². The summed E-state index contributed by atoms with van der Waals surface area (Å²) in [7, 11) is 1.41. The maximum Gasteiger partial charge on any atom is 0.184 e. The fraction of sp³-hybridized carbons (Fsp3) is 1.00. The van der Waals surface area contributed by atoms with Gasteiger partial charge in [-0.05, 0) is 0 Å². The molecule has 1 fully saturated rings. The predicted octanol–water partition coefficient (Wildman–Crippen LogP) is -1.12. The third kappa shape index (κ3) is 2.31. The first kappa shape index (κ1) is 11.6. The van der Waals surface area contributed by atoms with Crippen LogP contribution < -0.4 is 0 Å². The van der Waals surface area contributed by atoms with Crippen LogP contribution in [0.5, 0.6) is 0 Å². The Morgan fingerprint density at radius 3 is 2.46 bits per heavy atom. The van der Waals surface area contributed by atoms with Crippen LogP contribution >= 0.6 is 22.6 Å². The summed E-state index contributed by atoms with van der Waals surface area (Å²) in [4.78, 5) is 0. The van der Waals surface area contributed by atoms with E-state index in [9.17, 15) is 10.2 Å². The number of aliphatic hydroxyl groups excluding tert-OH is 3. The number of alkyl halides is 1. The molecule has 1 saturated heterocycles. The molecule has 1 rings (SSSR count). The Kier molecular flexibility index (Phi) is 4.33. The van der Waals surface area contributed by atoms with Gasteiger partial charge in [-0.1, -0.05) is 22.6 Å². The van der Waals surface area contributed by atoms with Crippen molar-refractivity contribution >= 4 is 22.6 Å². The van der Waals surface area contributed by atoms with Crippen LogP contribution in [-0.2, 0) is 9.47 Å². The van der Waals surface area contributed by atoms with E-state index in [-0.39, 0.29) is 6.61 Å². The lowest BCUT2D eigenvalue weighted by Gasteiger charge is -2.39. The summed E-state index contributed by atoms with van der Waals surface area (Å²) in [6.07, 6.45) is -3.20. The number of hydrogen-bond donors (Lipinski definition) is 3. The van der Waals surface area contributed by atoms with Gasteiger partial charge in [0.1, 0.15) is 12.2 Å². The molecule has 0 bridgehead atoms. The van der Waals surface area contributed by atoms with Crippen LogP contribution in [0.25, 0.3) is 0 Å². The Hall–Kier alpha value is 0.530. The molecule has 1 unspecified atom stereocenters. The summed E-state index contributed by atoms with van der Waals surface area (Å²) >= 11 is 1.91. The molecule has 0 amide bonds. The van der Waals surface area contributed by atoms with Crippen LogP contribution in [0.15, 0.2) is 0 Å². The van der Waals surface area contributed by atoms with Gasteiger partial charge in [0.25, 0.3) is 0 Å². The standard InChI is InChI=1S/C7H13IO5/c1-12-7-6(11)4(8)5(10)3(2-9)13-7/h3-7,9-11H,2H2,1H3/t3-,4+,5-,6-,7?/m1/s1/i8-3. The fourth-order valence-electron chi connectivity index (χ4n) is 1.24. The summed E-state index contributed by atoms with van der Waals surface area (Å²) in [6.45, 7) is -0.284. The van der Waals surface area contributed by atoms with Gasteiger partial charge in [0.05, 0.1) is 16.6 Å². The SMILES string of the molecule is COC1O[C@H](CO)[C@@H](O)[C@H]([124I])[C@H]1O. The Morgan fingerprint density at radius 1 is 1.38 bits per heavy atom. The second-order valence-corrected chi connectivity index (χ2v) is 4.33. The molecule has 0 saturated carbocycles. The van der Waals surface area contributed by atoms with E-state index in [1.54, 1.807) is 0 Å². The average Bonchev–Trinajstić information content (AvgIpc) is 2.15. The van der Waals surface area contributed by atoms with Crippen LogP contribution in [0.3, 0.4) is 0 Å². The molecule has 0 aromatic carbocycles. The van der Waals surface area contributed by atoms with Crippen LogP contribution in [0.1, 0.15) is 0 Å². The van der Waals surface area contributed by atoms with Gasteiger partial charge >= 0.3 is 0 Å². The first-order valence-electron chi connectivity index (χ1n) is 3.91. The molecule has 0 aromatic heterocycles. The zero-order valence-electron chi connectivity index (χ0n) is 7.13. The first-order valence-corrected chi connectivity index (χ1v) is 5.15. The molecule has 0 radical (unpaired) electrons. The molecule has 0 spiro atoms. The van der Waals surface area contributed by atoms with Crippen molar-refractivity contribution in [2.75, 3.05) is 13.7 Å². The van der Waals surface area contributed by atoms with Crippen LogP contribution in [-0.4, -0.2) is 57.6 Å². The van der Waals surface area contributed by atoms with Crippen molar-refractivity contribution in [1.82, 2.24) is 0 Å². The van der Waals surface area contributed by atoms with Crippen molar-refractivity contribution < 1.29 is 24.8 Å². The van der Waals surface area contributed by atoms with Gasteiger partial charge in [-0.25, -0.2) is 0 Å². The Morgan fingerprint density at radius 2 is 2.00 bits per heavy atom. The number of hydrogen-bond acceptors (Lipinski definition) is 5. The normalized spacial score (nSPS) is 46.4. The minimum atomic E-state index is -0.872. The van der Waals surface area contributed by atoms with Crippen molar-refractivity contribution in [1.29, 1.82) is 0 Å². The summed E-state index contributed by atoms with van der Waals surface area (Å²) < 4.78 is 9.56. The number of halogens is 1. The largest absolute Gasteiger partial charge is 0.394 e. The van der Waals surface area contributed by atoms with Crippen LogP contribution in [0, 0.1) is 0 Å². The van der Waals surface area contributed by atoms with Gasteiger partial charge in [-0.3, -0.25) is 0 Å². The molecule has 5 nitrogen and oxygen atoms in total. The van der Waals surface area contributed by atoms with E-state index in [2.05, 4.69) is 0 Å². The summed E-state index contributed by atoms with van der Waals surface area (Å²) in [5.41, 5.74) is 0. The van der Waals surface area contributed by atoms with Gasteiger partial charge in [0.15, 0.2) is 6.29 Å². The zero-order valence-corrected chi connectivity index (χ0v) is 9.29. The summed E-state index contributed by atoms with van der Waals surface area (Å²) in [5.74, 6) is 0. The van der Waals surface area contributed by atoms with Gasteiger partial charge < -0.3 is 24.8 Å². The lowest BCUT2D eigenvalue weighted by molar-refractivity contribution is -0.256. The van der Waals surface area contributed by atoms with E-state index >= 15 is 0 Å². The molecule has 3 N–H and O–H groups in total. The van der Waals surface area contributed by atoms with Crippen molar-refractivity contribution in [3.8, 4) is 0 Å². The molecule has 0 aromatic rings. The zero-order chi connectivity index (χ0) is 10.0. The highest BCUT2D eigenvalue weighted by molar-refractivity contribution is 14.1. The number of rotatable bonds is 2. The third-order valence-corrected chi connectivity index (χ3v) is 3.51. The molecule has 78 valence electrons. The maximum atomic E-state index is 9.52. The summed E-state index contributed by atoms with van der Waals surface area (Å²) in [5, 5.41) is 27.9. The molecule has 6 heteroatoms. The van der Waals surface area contributed by atoms with E-state index in [1.807, 2.05) is 22.6 Å². The predicted molar refractivity (Wildman–Crippen MR) is 52.6 cm³/mol. The van der Waals surface area contributed by atoms with Crippen LogP contribution in [0.4, 0.5) is 0 Å². The third-order valence-electron chi connectivity index (χ3n) is 2.03. The van der Waals surface area contributed by atoms with E-state index in [0.29, 0.717) is 0 Å². The maximum absolute atomic E-state index is 9.52. The van der Waals surface area contributed by atoms with Crippen molar-refractivity contribution in [2.24, 2.45) is 0 Å². The Labute approximate surface area is 89.8 Å². The average molecular weight is 301 g/mol. The summed E-state index contributed by atoms with van der Waals surface area (Å²) in [6, 6.07) is 0. The van der Waals surface area contributed by atoms with Gasteiger partial charge in [0, 0.05) is 7.11 Å². The van der Waals surface area contributed by atoms with Crippen molar-refractivity contribution in [3.05, 3.63) is 0 Å². The second kappa shape index (κ2) is 4.85. The molecule has 5 atom stereocenters. The Balaban J connectivity index is 2.66. The number of aliphatic hydroxyl groups is 3. The van der Waals surface area contributed by atoms with E-state index in [4.69, 9.17) is 14.6 Å². The quantitative estimate of drug-likeness (QED) is 0.445. The molecule has 1 aliphatic heterocycles. The lowest BCUT2D eigenvalue weighted by atomic mass is 10.0. The van der Waals surface area contributed by atoms with E-state index in [1.165, 1.54) is 7.11 Å². The van der Waals surface area contributed by atoms with Gasteiger partial charge in [-0.2, -0.15) is 0 Å². The van der Waals surface area contributed by atoms with Crippen LogP contribution in [0.2, 0.25) is 0 Å². The lowest BCUT2D eigenvalue weighted by Crippen LogP contribution is -2.56. The van der Waals surface area contributed by atoms with Gasteiger partial charge in [0.2, 0.25) is 0 Å². The minimum absolute atomic E-state index is 0.284. The Bertz CT molecular complexity index is 147. The molecule has 1 heterocycles. The second-order valence-electron chi connectivity index (χ2n) is 2.89. The van der Waals surface area contributed by atoms with Crippen molar-refractivity contribution in [2.45, 2.75) is 28.5 Å². The topological polar surface area (TPSA) is 79.2 Å². The van der Waals surface area contributed by atoms with E-state index in [0.717, 1.165) is 0 Å². The highest BCUT2D eigenvalue weighted by Crippen LogP contribution is 2.26. The van der Waals surface area contributed by atoms with E-state index < -0.39 is 28.5 Å². The first-order chi connectivity index (χ1) is 6.11. The van der Waals surface area contributed by atoms with Crippen molar-refractivity contribution in [3.63, 3.8) is 0 Å².